The molecule has 3 aromatic rings. The molecule has 144 valence electrons. The smallest absolute Gasteiger partial charge is 0.231 e. The van der Waals surface area contributed by atoms with Crippen molar-refractivity contribution in [2.45, 2.75) is 6.42 Å². The van der Waals surface area contributed by atoms with E-state index < -0.39 is 0 Å². The topological polar surface area (TPSA) is 87.4 Å². The maximum Gasteiger partial charge on any atom is 0.231 e. The molecular weight excluding hydrogens is 364 g/mol. The number of hydrogen-bond acceptors (Lipinski definition) is 7. The van der Waals surface area contributed by atoms with Crippen LogP contribution in [-0.2, 0) is 11.2 Å². The van der Waals surface area contributed by atoms with Gasteiger partial charge in [-0.2, -0.15) is 0 Å². The van der Waals surface area contributed by atoms with E-state index in [1.54, 1.807) is 30.3 Å². The van der Waals surface area contributed by atoms with Crippen LogP contribution < -0.4 is 19.6 Å². The van der Waals surface area contributed by atoms with Crippen LogP contribution in [0, 0.1) is 0 Å². The van der Waals surface area contributed by atoms with Crippen LogP contribution in [-0.4, -0.2) is 25.8 Å². The summed E-state index contributed by atoms with van der Waals surface area (Å²) in [5.41, 5.74) is 1.20. The summed E-state index contributed by atoms with van der Waals surface area (Å²) in [4.78, 5) is 13.1. The fourth-order valence-corrected chi connectivity index (χ4v) is 3.14. The van der Waals surface area contributed by atoms with Gasteiger partial charge < -0.3 is 28.5 Å². The fourth-order valence-electron chi connectivity index (χ4n) is 3.14. The summed E-state index contributed by atoms with van der Waals surface area (Å²) in [6.07, 6.45) is 3.29. The molecule has 28 heavy (non-hydrogen) atoms. The minimum absolute atomic E-state index is 0.00536. The standard InChI is InChI=1S/C21H18O7/c1-3-4-13-16(26-10-24-2)8-18-19(20(13)22)21(23)14(9-25-18)12-5-6-15-17(7-12)28-11-27-15/h3,5-9,22H,1,4,10-11H2,2H3. The van der Waals surface area contributed by atoms with Gasteiger partial charge in [0.25, 0.3) is 0 Å². The molecule has 1 aromatic heterocycles. The van der Waals surface area contributed by atoms with E-state index >= 15 is 0 Å². The molecule has 1 aliphatic rings. The lowest BCUT2D eigenvalue weighted by atomic mass is 10.0. The number of rotatable bonds is 6. The molecule has 0 unspecified atom stereocenters. The molecule has 0 saturated carbocycles. The van der Waals surface area contributed by atoms with Crippen LogP contribution >= 0.6 is 0 Å². The Morgan fingerprint density at radius 2 is 2.07 bits per heavy atom. The van der Waals surface area contributed by atoms with E-state index in [-0.39, 0.29) is 35.7 Å². The van der Waals surface area contributed by atoms with Gasteiger partial charge in [-0.25, -0.2) is 0 Å². The van der Waals surface area contributed by atoms with Crippen LogP contribution in [0.15, 0.2) is 52.4 Å². The minimum atomic E-state index is -0.360. The summed E-state index contributed by atoms with van der Waals surface area (Å²) >= 11 is 0. The zero-order chi connectivity index (χ0) is 19.7. The molecule has 1 aliphatic heterocycles. The molecule has 0 spiro atoms. The second kappa shape index (κ2) is 7.28. The lowest BCUT2D eigenvalue weighted by Crippen LogP contribution is -2.08. The Kier molecular flexibility index (Phi) is 4.67. The van der Waals surface area contributed by atoms with Crippen molar-refractivity contribution in [3.05, 3.63) is 59.0 Å². The predicted molar refractivity (Wildman–Crippen MR) is 102 cm³/mol. The molecule has 0 saturated heterocycles. The Morgan fingerprint density at radius 1 is 1.25 bits per heavy atom. The quantitative estimate of drug-likeness (QED) is 0.515. The summed E-state index contributed by atoms with van der Waals surface area (Å²) < 4.78 is 26.8. The molecule has 2 heterocycles. The average Bonchev–Trinajstić information content (AvgIpc) is 3.16. The number of phenols is 1. The second-order valence-electron chi connectivity index (χ2n) is 6.17. The maximum atomic E-state index is 13.1. The van der Waals surface area contributed by atoms with Gasteiger partial charge in [0.1, 0.15) is 28.7 Å². The van der Waals surface area contributed by atoms with Crippen molar-refractivity contribution in [3.63, 3.8) is 0 Å². The molecule has 0 bridgehead atoms. The summed E-state index contributed by atoms with van der Waals surface area (Å²) in [5, 5.41) is 10.9. The van der Waals surface area contributed by atoms with Crippen LogP contribution in [0.4, 0.5) is 0 Å². The largest absolute Gasteiger partial charge is 0.507 e. The van der Waals surface area contributed by atoms with Crippen LogP contribution in [0.3, 0.4) is 0 Å². The van der Waals surface area contributed by atoms with Gasteiger partial charge in [0.2, 0.25) is 12.2 Å². The number of aromatic hydroxyl groups is 1. The summed E-state index contributed by atoms with van der Waals surface area (Å²) in [7, 11) is 1.49. The van der Waals surface area contributed by atoms with Crippen molar-refractivity contribution < 1.29 is 28.5 Å². The number of benzene rings is 2. The molecule has 0 atom stereocenters. The molecule has 0 radical (unpaired) electrons. The minimum Gasteiger partial charge on any atom is -0.507 e. The molecular formula is C21H18O7. The second-order valence-corrected chi connectivity index (χ2v) is 6.17. The third-order valence-electron chi connectivity index (χ3n) is 4.47. The number of methoxy groups -OCH3 is 1. The Balaban J connectivity index is 1.90. The van der Waals surface area contributed by atoms with E-state index in [0.717, 1.165) is 0 Å². The predicted octanol–water partition coefficient (Wildman–Crippen LogP) is 3.61. The van der Waals surface area contributed by atoms with E-state index in [1.165, 1.54) is 13.4 Å². The number of ether oxygens (including phenoxy) is 4. The highest BCUT2D eigenvalue weighted by molar-refractivity contribution is 5.90. The zero-order valence-corrected chi connectivity index (χ0v) is 15.2. The van der Waals surface area contributed by atoms with E-state index in [4.69, 9.17) is 23.4 Å². The van der Waals surface area contributed by atoms with Gasteiger partial charge in [-0.1, -0.05) is 12.1 Å². The molecule has 0 fully saturated rings. The van der Waals surface area contributed by atoms with Crippen molar-refractivity contribution in [1.29, 1.82) is 0 Å². The van der Waals surface area contributed by atoms with Crippen molar-refractivity contribution in [1.82, 2.24) is 0 Å². The van der Waals surface area contributed by atoms with Gasteiger partial charge in [-0.05, 0) is 24.1 Å². The van der Waals surface area contributed by atoms with E-state index in [2.05, 4.69) is 6.58 Å². The SMILES string of the molecule is C=CCc1c(OCOC)cc2occ(-c3ccc4c(c3)OCO4)c(=O)c2c1O. The third kappa shape index (κ3) is 2.95. The molecule has 7 nitrogen and oxygen atoms in total. The van der Waals surface area contributed by atoms with Gasteiger partial charge in [-0.15, -0.1) is 6.58 Å². The van der Waals surface area contributed by atoms with Crippen LogP contribution in [0.1, 0.15) is 5.56 Å². The van der Waals surface area contributed by atoms with Gasteiger partial charge in [0.05, 0.1) is 5.56 Å². The van der Waals surface area contributed by atoms with E-state index in [0.29, 0.717) is 40.4 Å². The first-order chi connectivity index (χ1) is 13.6. The lowest BCUT2D eigenvalue weighted by Gasteiger charge is -2.13. The Labute approximate surface area is 160 Å². The fraction of sp³-hybridized carbons (Fsp3) is 0.190. The van der Waals surface area contributed by atoms with Crippen LogP contribution in [0.2, 0.25) is 0 Å². The highest BCUT2D eigenvalue weighted by Gasteiger charge is 2.21. The third-order valence-corrected chi connectivity index (χ3v) is 4.47. The summed E-state index contributed by atoms with van der Waals surface area (Å²) in [6.45, 7) is 3.83. The van der Waals surface area contributed by atoms with Crippen LogP contribution in [0.5, 0.6) is 23.0 Å². The maximum absolute atomic E-state index is 13.1. The number of allylic oxidation sites excluding steroid dienone is 1. The summed E-state index contributed by atoms with van der Waals surface area (Å²) in [5.74, 6) is 1.34. The molecule has 2 aromatic carbocycles. The molecule has 4 rings (SSSR count). The molecule has 1 N–H and O–H groups in total. The monoisotopic (exact) mass is 382 g/mol. The Bertz CT molecular complexity index is 1110. The van der Waals surface area contributed by atoms with Crippen molar-refractivity contribution in [2.75, 3.05) is 20.7 Å². The van der Waals surface area contributed by atoms with Crippen LogP contribution in [0.25, 0.3) is 22.1 Å². The Hall–Kier alpha value is -3.45. The van der Waals surface area contributed by atoms with Gasteiger partial charge in [0, 0.05) is 18.7 Å². The van der Waals surface area contributed by atoms with E-state index in [1.807, 2.05) is 0 Å². The average molecular weight is 382 g/mol. The highest BCUT2D eigenvalue weighted by atomic mass is 16.7. The van der Waals surface area contributed by atoms with Crippen molar-refractivity contribution >= 4 is 11.0 Å². The van der Waals surface area contributed by atoms with E-state index in [9.17, 15) is 9.90 Å². The molecule has 0 amide bonds. The lowest BCUT2D eigenvalue weighted by molar-refractivity contribution is 0.0504. The first kappa shape index (κ1) is 17.9. The van der Waals surface area contributed by atoms with Gasteiger partial charge >= 0.3 is 0 Å². The zero-order valence-electron chi connectivity index (χ0n) is 15.2. The highest BCUT2D eigenvalue weighted by Crippen LogP contribution is 2.38. The first-order valence-corrected chi connectivity index (χ1v) is 8.57. The Morgan fingerprint density at radius 3 is 2.86 bits per heavy atom. The van der Waals surface area contributed by atoms with Gasteiger partial charge in [-0.3, -0.25) is 4.79 Å². The molecule has 7 heteroatoms. The number of phenolic OH excluding ortho intramolecular Hbond substituents is 1. The van der Waals surface area contributed by atoms with Crippen molar-refractivity contribution in [3.8, 4) is 34.1 Å². The van der Waals surface area contributed by atoms with Crippen molar-refractivity contribution in [2.24, 2.45) is 0 Å². The first-order valence-electron chi connectivity index (χ1n) is 8.57. The number of hydrogen-bond donors (Lipinski definition) is 1. The van der Waals surface area contributed by atoms with Gasteiger partial charge in [0.15, 0.2) is 18.3 Å². The normalized spacial score (nSPS) is 12.3. The molecule has 0 aliphatic carbocycles. The summed E-state index contributed by atoms with van der Waals surface area (Å²) in [6, 6.07) is 6.74. The number of fused-ring (bicyclic) bond motifs is 2.